The zero-order chi connectivity index (χ0) is 16.4. The van der Waals surface area contributed by atoms with Crippen molar-refractivity contribution < 1.29 is 18.0 Å². The average molecular weight is 361 g/mol. The predicted molar refractivity (Wildman–Crippen MR) is 84.2 cm³/mol. The van der Waals surface area contributed by atoms with E-state index < -0.39 is 11.1 Å². The van der Waals surface area contributed by atoms with Crippen LogP contribution in [0.1, 0.15) is 21.7 Å². The molecule has 124 valence electrons. The van der Waals surface area contributed by atoms with E-state index in [1.54, 1.807) is 16.3 Å². The van der Waals surface area contributed by atoms with Gasteiger partial charge in [-0.05, 0) is 17.9 Å². The molecule has 1 fully saturated rings. The van der Waals surface area contributed by atoms with Gasteiger partial charge in [0.15, 0.2) is 5.13 Å². The van der Waals surface area contributed by atoms with Crippen molar-refractivity contribution in [1.82, 2.24) is 9.88 Å². The van der Waals surface area contributed by atoms with Crippen LogP contribution in [0.4, 0.5) is 18.3 Å². The molecule has 0 unspecified atom stereocenters. The van der Waals surface area contributed by atoms with Gasteiger partial charge in [0.25, 0.3) is 5.91 Å². The van der Waals surface area contributed by atoms with E-state index in [9.17, 15) is 18.0 Å². The predicted octanol–water partition coefficient (Wildman–Crippen LogP) is 3.58. The Balaban J connectivity index is 1.67. The Bertz CT molecular complexity index is 669. The highest BCUT2D eigenvalue weighted by Gasteiger charge is 2.34. The number of halogens is 3. The largest absolute Gasteiger partial charge is 0.427 e. The Morgan fingerprint density at radius 3 is 2.70 bits per heavy atom. The van der Waals surface area contributed by atoms with Gasteiger partial charge in [0.2, 0.25) is 0 Å². The molecule has 9 heteroatoms. The Kier molecular flexibility index (Phi) is 4.58. The number of aromatic nitrogens is 1. The first-order valence-corrected chi connectivity index (χ1v) is 8.80. The summed E-state index contributed by atoms with van der Waals surface area (Å²) in [5, 5.41) is 4.02. The van der Waals surface area contributed by atoms with Gasteiger partial charge in [0.05, 0.1) is 11.8 Å². The smallest absolute Gasteiger partial charge is 0.346 e. The average Bonchev–Trinajstić information content (AvgIpc) is 3.14. The van der Waals surface area contributed by atoms with Crippen LogP contribution in [0.3, 0.4) is 0 Å². The van der Waals surface area contributed by atoms with Crippen LogP contribution in [0.2, 0.25) is 0 Å². The minimum absolute atomic E-state index is 0.0248. The highest BCUT2D eigenvalue weighted by atomic mass is 32.1. The summed E-state index contributed by atoms with van der Waals surface area (Å²) < 4.78 is 38.0. The van der Waals surface area contributed by atoms with E-state index in [0.717, 1.165) is 6.20 Å². The van der Waals surface area contributed by atoms with E-state index in [1.807, 2.05) is 10.3 Å². The van der Waals surface area contributed by atoms with Gasteiger partial charge in [0, 0.05) is 31.6 Å². The topological polar surface area (TPSA) is 36.4 Å². The van der Waals surface area contributed by atoms with Crippen molar-refractivity contribution in [2.45, 2.75) is 12.6 Å². The van der Waals surface area contributed by atoms with Crippen LogP contribution in [0.25, 0.3) is 0 Å². The van der Waals surface area contributed by atoms with E-state index in [2.05, 4.69) is 4.98 Å². The molecular formula is C14H14F3N3OS2. The summed E-state index contributed by atoms with van der Waals surface area (Å²) in [7, 11) is 0. The number of hydrogen-bond donors (Lipinski definition) is 0. The molecule has 3 heterocycles. The number of thiazole rings is 1. The fourth-order valence-corrected chi connectivity index (χ4v) is 3.89. The van der Waals surface area contributed by atoms with Crippen molar-refractivity contribution in [3.8, 4) is 0 Å². The third kappa shape index (κ3) is 3.66. The van der Waals surface area contributed by atoms with Gasteiger partial charge < -0.3 is 9.80 Å². The van der Waals surface area contributed by atoms with Crippen molar-refractivity contribution in [3.05, 3.63) is 33.5 Å². The van der Waals surface area contributed by atoms with E-state index in [0.29, 0.717) is 54.6 Å². The lowest BCUT2D eigenvalue weighted by atomic mass is 10.3. The summed E-state index contributed by atoms with van der Waals surface area (Å²) in [5.74, 6) is -0.0248. The van der Waals surface area contributed by atoms with Crippen LogP contribution in [-0.4, -0.2) is 42.0 Å². The van der Waals surface area contributed by atoms with E-state index in [4.69, 9.17) is 0 Å². The van der Waals surface area contributed by atoms with Crippen molar-refractivity contribution in [2.75, 3.05) is 31.1 Å². The molecule has 1 amide bonds. The Labute approximate surface area is 139 Å². The third-order valence-electron chi connectivity index (χ3n) is 3.59. The van der Waals surface area contributed by atoms with Gasteiger partial charge in [-0.2, -0.15) is 24.5 Å². The molecule has 2 aromatic heterocycles. The molecule has 23 heavy (non-hydrogen) atoms. The first-order valence-electron chi connectivity index (χ1n) is 7.04. The molecule has 1 saturated heterocycles. The van der Waals surface area contributed by atoms with Gasteiger partial charge in [-0.3, -0.25) is 4.79 Å². The molecule has 2 aromatic rings. The summed E-state index contributed by atoms with van der Waals surface area (Å²) in [5.41, 5.74) is 0.664. The van der Waals surface area contributed by atoms with E-state index >= 15 is 0 Å². The van der Waals surface area contributed by atoms with Gasteiger partial charge in [-0.1, -0.05) is 11.3 Å². The number of carbonyl (C=O) groups is 1. The number of carbonyl (C=O) groups excluding carboxylic acids is 1. The maximum atomic E-state index is 12.7. The number of nitrogens with zero attached hydrogens (tertiary/aromatic N) is 3. The second-order valence-corrected chi connectivity index (χ2v) is 6.94. The standard InChI is InChI=1S/C14H14F3N3OS2/c15-14(16,17)11-8-18-13(23-11)20-4-1-3-19(5-6-20)12(21)10-2-7-22-9-10/h2,7-9H,1,3-6H2. The number of thiophene rings is 1. The summed E-state index contributed by atoms with van der Waals surface area (Å²) in [4.78, 5) is 19.1. The molecule has 0 aliphatic carbocycles. The van der Waals surface area contributed by atoms with Gasteiger partial charge in [-0.25, -0.2) is 4.98 Å². The van der Waals surface area contributed by atoms with Crippen molar-refractivity contribution in [3.63, 3.8) is 0 Å². The monoisotopic (exact) mass is 361 g/mol. The van der Waals surface area contributed by atoms with Crippen molar-refractivity contribution in [2.24, 2.45) is 0 Å². The highest BCUT2D eigenvalue weighted by molar-refractivity contribution is 7.15. The SMILES string of the molecule is O=C(c1ccsc1)N1CCCN(c2ncc(C(F)(F)F)s2)CC1. The first kappa shape index (κ1) is 16.3. The van der Waals surface area contributed by atoms with Crippen molar-refractivity contribution >= 4 is 33.7 Å². The summed E-state index contributed by atoms with van der Waals surface area (Å²) >= 11 is 2.12. The van der Waals surface area contributed by atoms with Crippen molar-refractivity contribution in [1.29, 1.82) is 0 Å². The summed E-state index contributed by atoms with van der Waals surface area (Å²) in [6.07, 6.45) is -2.78. The molecule has 0 N–H and O–H groups in total. The molecule has 0 spiro atoms. The maximum absolute atomic E-state index is 12.7. The molecule has 4 nitrogen and oxygen atoms in total. The lowest BCUT2D eigenvalue weighted by Crippen LogP contribution is -2.35. The minimum atomic E-state index is -4.36. The molecular weight excluding hydrogens is 347 g/mol. The number of anilines is 1. The van der Waals surface area contributed by atoms with Crippen LogP contribution in [0, 0.1) is 0 Å². The molecule has 0 atom stereocenters. The Hall–Kier alpha value is -1.61. The van der Waals surface area contributed by atoms with Gasteiger partial charge in [0.1, 0.15) is 4.88 Å². The number of hydrogen-bond acceptors (Lipinski definition) is 5. The lowest BCUT2D eigenvalue weighted by Gasteiger charge is -2.21. The number of amides is 1. The highest BCUT2D eigenvalue weighted by Crippen LogP contribution is 2.36. The van der Waals surface area contributed by atoms with Crippen LogP contribution in [0.15, 0.2) is 23.0 Å². The number of rotatable bonds is 2. The Morgan fingerprint density at radius 1 is 1.22 bits per heavy atom. The molecule has 1 aliphatic heterocycles. The van der Waals surface area contributed by atoms with E-state index in [1.165, 1.54) is 11.3 Å². The van der Waals surface area contributed by atoms with Crippen LogP contribution in [0.5, 0.6) is 0 Å². The van der Waals surface area contributed by atoms with Crippen LogP contribution in [-0.2, 0) is 6.18 Å². The van der Waals surface area contributed by atoms with Gasteiger partial charge in [-0.15, -0.1) is 0 Å². The quantitative estimate of drug-likeness (QED) is 0.820. The fourth-order valence-electron chi connectivity index (χ4n) is 2.42. The fraction of sp³-hybridized carbons (Fsp3) is 0.429. The molecule has 0 saturated carbocycles. The lowest BCUT2D eigenvalue weighted by molar-refractivity contribution is -0.134. The van der Waals surface area contributed by atoms with Gasteiger partial charge >= 0.3 is 6.18 Å². The van der Waals surface area contributed by atoms with Crippen LogP contribution < -0.4 is 4.90 Å². The minimum Gasteiger partial charge on any atom is -0.346 e. The van der Waals surface area contributed by atoms with Crippen LogP contribution >= 0.6 is 22.7 Å². The maximum Gasteiger partial charge on any atom is 0.427 e. The zero-order valence-electron chi connectivity index (χ0n) is 12.0. The molecule has 0 bridgehead atoms. The third-order valence-corrected chi connectivity index (χ3v) is 5.38. The molecule has 0 aromatic carbocycles. The first-order chi connectivity index (χ1) is 10.9. The normalized spacial score (nSPS) is 16.5. The number of alkyl halides is 3. The second-order valence-electron chi connectivity index (χ2n) is 5.15. The molecule has 3 rings (SSSR count). The van der Waals surface area contributed by atoms with E-state index in [-0.39, 0.29) is 5.91 Å². The zero-order valence-corrected chi connectivity index (χ0v) is 13.7. The Morgan fingerprint density at radius 2 is 2.04 bits per heavy atom. The summed E-state index contributed by atoms with van der Waals surface area (Å²) in [6, 6.07) is 1.78. The molecule has 0 radical (unpaired) electrons. The second kappa shape index (κ2) is 6.48. The molecule has 1 aliphatic rings. The summed E-state index contributed by atoms with van der Waals surface area (Å²) in [6.45, 7) is 2.16.